The molecule has 0 unspecified atom stereocenters. The number of hydrogen-bond donors (Lipinski definition) is 0. The zero-order chi connectivity index (χ0) is 14.9. The van der Waals surface area contributed by atoms with Crippen LogP contribution < -0.4 is 0 Å². The van der Waals surface area contributed by atoms with Crippen LogP contribution in [0, 0.1) is 5.92 Å². The number of likely N-dealkylation sites (tertiary alicyclic amines) is 1. The fourth-order valence-electron chi connectivity index (χ4n) is 4.22. The van der Waals surface area contributed by atoms with Crippen LogP contribution in [0.3, 0.4) is 0 Å². The minimum atomic E-state index is -3.17. The van der Waals surface area contributed by atoms with Gasteiger partial charge in [0.15, 0.2) is 0 Å². The standard InChI is InChI=1S/C15H26N2O3S/c18-15(12-16-9-5-11-21(16,19)20)17-10-4-8-14(17)13-6-2-1-3-7-13/h13-14H,1-12H2/t14-/m1/s1. The van der Waals surface area contributed by atoms with E-state index in [2.05, 4.69) is 0 Å². The van der Waals surface area contributed by atoms with E-state index < -0.39 is 10.0 Å². The van der Waals surface area contributed by atoms with Crippen molar-refractivity contribution in [3.63, 3.8) is 0 Å². The van der Waals surface area contributed by atoms with Gasteiger partial charge in [0.1, 0.15) is 0 Å². The van der Waals surface area contributed by atoms with Crippen LogP contribution in [0.5, 0.6) is 0 Å². The summed E-state index contributed by atoms with van der Waals surface area (Å²) in [5, 5.41) is 0. The molecular weight excluding hydrogens is 288 g/mol. The van der Waals surface area contributed by atoms with E-state index in [0.29, 0.717) is 24.9 Å². The van der Waals surface area contributed by atoms with Crippen LogP contribution in [0.4, 0.5) is 0 Å². The largest absolute Gasteiger partial charge is 0.338 e. The van der Waals surface area contributed by atoms with E-state index in [0.717, 1.165) is 19.4 Å². The van der Waals surface area contributed by atoms with Gasteiger partial charge >= 0.3 is 0 Å². The van der Waals surface area contributed by atoms with Crippen LogP contribution in [0.15, 0.2) is 0 Å². The summed E-state index contributed by atoms with van der Waals surface area (Å²) in [7, 11) is -3.17. The normalized spacial score (nSPS) is 30.9. The van der Waals surface area contributed by atoms with Crippen LogP contribution in [-0.4, -0.2) is 55.0 Å². The van der Waals surface area contributed by atoms with E-state index in [-0.39, 0.29) is 18.2 Å². The summed E-state index contributed by atoms with van der Waals surface area (Å²) in [5.41, 5.74) is 0. The lowest BCUT2D eigenvalue weighted by atomic mass is 9.83. The van der Waals surface area contributed by atoms with E-state index in [1.807, 2.05) is 4.90 Å². The van der Waals surface area contributed by atoms with Crippen molar-refractivity contribution in [3.05, 3.63) is 0 Å². The van der Waals surface area contributed by atoms with Crippen molar-refractivity contribution >= 4 is 15.9 Å². The average Bonchev–Trinajstić information content (AvgIpc) is 3.07. The number of hydrogen-bond acceptors (Lipinski definition) is 3. The van der Waals surface area contributed by atoms with Gasteiger partial charge in [-0.05, 0) is 38.0 Å². The van der Waals surface area contributed by atoms with Gasteiger partial charge in [0.2, 0.25) is 15.9 Å². The van der Waals surface area contributed by atoms with Gasteiger partial charge in [-0.3, -0.25) is 4.79 Å². The number of rotatable bonds is 3. The van der Waals surface area contributed by atoms with Gasteiger partial charge in [-0.15, -0.1) is 0 Å². The third kappa shape index (κ3) is 3.26. The Morgan fingerprint density at radius 1 is 0.952 bits per heavy atom. The highest BCUT2D eigenvalue weighted by Crippen LogP contribution is 2.34. The summed E-state index contributed by atoms with van der Waals surface area (Å²) in [5.74, 6) is 0.862. The molecule has 0 N–H and O–H groups in total. The fourth-order valence-corrected chi connectivity index (χ4v) is 5.69. The quantitative estimate of drug-likeness (QED) is 0.795. The Morgan fingerprint density at radius 3 is 2.38 bits per heavy atom. The van der Waals surface area contributed by atoms with Crippen molar-refractivity contribution in [2.75, 3.05) is 25.4 Å². The number of amides is 1. The number of sulfonamides is 1. The van der Waals surface area contributed by atoms with Gasteiger partial charge in [0, 0.05) is 19.1 Å². The van der Waals surface area contributed by atoms with Crippen molar-refractivity contribution in [3.8, 4) is 0 Å². The number of carbonyl (C=O) groups is 1. The second-order valence-corrected chi connectivity index (χ2v) is 8.79. The van der Waals surface area contributed by atoms with Gasteiger partial charge in [-0.1, -0.05) is 19.3 Å². The maximum absolute atomic E-state index is 12.6. The molecule has 0 spiro atoms. The number of nitrogens with zero attached hydrogens (tertiary/aromatic N) is 2. The summed E-state index contributed by atoms with van der Waals surface area (Å²) < 4.78 is 25.1. The second-order valence-electron chi connectivity index (χ2n) is 6.70. The Bertz CT molecular complexity index is 485. The molecule has 3 fully saturated rings. The van der Waals surface area contributed by atoms with Gasteiger partial charge < -0.3 is 4.90 Å². The first-order valence-electron chi connectivity index (χ1n) is 8.35. The molecule has 0 aromatic rings. The molecule has 1 atom stereocenters. The Morgan fingerprint density at radius 2 is 1.71 bits per heavy atom. The van der Waals surface area contributed by atoms with E-state index in [9.17, 15) is 13.2 Å². The maximum atomic E-state index is 12.6. The van der Waals surface area contributed by atoms with Gasteiger partial charge in [-0.2, -0.15) is 4.31 Å². The molecule has 2 aliphatic heterocycles. The first kappa shape index (κ1) is 15.3. The zero-order valence-electron chi connectivity index (χ0n) is 12.7. The highest BCUT2D eigenvalue weighted by Gasteiger charge is 2.37. The molecule has 3 rings (SSSR count). The van der Waals surface area contributed by atoms with Gasteiger partial charge in [0.05, 0.1) is 12.3 Å². The molecule has 5 nitrogen and oxygen atoms in total. The molecule has 3 aliphatic rings. The second kappa shape index (κ2) is 6.24. The summed E-state index contributed by atoms with van der Waals surface area (Å²) in [6.07, 6.45) is 9.17. The predicted molar refractivity (Wildman–Crippen MR) is 81.3 cm³/mol. The van der Waals surface area contributed by atoms with E-state index in [1.165, 1.54) is 36.4 Å². The third-order valence-corrected chi connectivity index (χ3v) is 7.23. The molecule has 1 amide bonds. The molecule has 6 heteroatoms. The Labute approximate surface area is 127 Å². The predicted octanol–water partition coefficient (Wildman–Crippen LogP) is 1.59. The minimum absolute atomic E-state index is 0.0218. The van der Waals surface area contributed by atoms with E-state index in [4.69, 9.17) is 0 Å². The molecule has 2 saturated heterocycles. The Balaban J connectivity index is 1.63. The van der Waals surface area contributed by atoms with Crippen molar-refractivity contribution in [2.45, 2.75) is 57.4 Å². The van der Waals surface area contributed by atoms with E-state index >= 15 is 0 Å². The molecule has 0 aromatic heterocycles. The summed E-state index contributed by atoms with van der Waals surface area (Å²) in [4.78, 5) is 14.6. The van der Waals surface area contributed by atoms with Crippen LogP contribution in [-0.2, 0) is 14.8 Å². The molecule has 21 heavy (non-hydrogen) atoms. The molecule has 120 valence electrons. The molecule has 1 saturated carbocycles. The highest BCUT2D eigenvalue weighted by molar-refractivity contribution is 7.89. The van der Waals surface area contributed by atoms with Crippen LogP contribution in [0.1, 0.15) is 51.4 Å². The maximum Gasteiger partial charge on any atom is 0.238 e. The molecule has 0 bridgehead atoms. The fraction of sp³-hybridized carbons (Fsp3) is 0.933. The van der Waals surface area contributed by atoms with Crippen LogP contribution >= 0.6 is 0 Å². The van der Waals surface area contributed by atoms with Crippen molar-refractivity contribution in [1.29, 1.82) is 0 Å². The Hall–Kier alpha value is -0.620. The van der Waals surface area contributed by atoms with Crippen molar-refractivity contribution in [2.24, 2.45) is 5.92 Å². The monoisotopic (exact) mass is 314 g/mol. The van der Waals surface area contributed by atoms with E-state index in [1.54, 1.807) is 0 Å². The average molecular weight is 314 g/mol. The minimum Gasteiger partial charge on any atom is -0.338 e. The van der Waals surface area contributed by atoms with Gasteiger partial charge in [0.25, 0.3) is 0 Å². The zero-order valence-corrected chi connectivity index (χ0v) is 13.5. The van der Waals surface area contributed by atoms with Gasteiger partial charge in [-0.25, -0.2) is 8.42 Å². The summed E-state index contributed by atoms with van der Waals surface area (Å²) in [6, 6.07) is 0.364. The number of carbonyl (C=O) groups excluding carboxylic acids is 1. The molecule has 0 aromatic carbocycles. The molecule has 1 aliphatic carbocycles. The lowest BCUT2D eigenvalue weighted by molar-refractivity contribution is -0.133. The van der Waals surface area contributed by atoms with Crippen molar-refractivity contribution in [1.82, 2.24) is 9.21 Å². The van der Waals surface area contributed by atoms with Crippen molar-refractivity contribution < 1.29 is 13.2 Å². The topological polar surface area (TPSA) is 57.7 Å². The lowest BCUT2D eigenvalue weighted by Gasteiger charge is -2.34. The molecule has 2 heterocycles. The SMILES string of the molecule is O=C(CN1CCCS1(=O)=O)N1CCC[C@@H]1C1CCCCC1. The molecular formula is C15H26N2O3S. The first-order valence-corrected chi connectivity index (χ1v) is 9.96. The Kier molecular flexibility index (Phi) is 4.54. The lowest BCUT2D eigenvalue weighted by Crippen LogP contribution is -2.46. The summed E-state index contributed by atoms with van der Waals surface area (Å²) >= 11 is 0. The third-order valence-electron chi connectivity index (χ3n) is 5.33. The van der Waals surface area contributed by atoms with Crippen LogP contribution in [0.2, 0.25) is 0 Å². The highest BCUT2D eigenvalue weighted by atomic mass is 32.2. The summed E-state index contributed by atoms with van der Waals surface area (Å²) in [6.45, 7) is 1.38. The molecule has 0 radical (unpaired) electrons. The first-order chi connectivity index (χ1) is 10.1. The van der Waals surface area contributed by atoms with Crippen LogP contribution in [0.25, 0.3) is 0 Å². The smallest absolute Gasteiger partial charge is 0.238 e.